The molecule has 1 aromatic rings. The smallest absolute Gasteiger partial charge is 0.226 e. The average Bonchev–Trinajstić information content (AvgIpc) is 2.37. The van der Waals surface area contributed by atoms with Crippen LogP contribution in [0.2, 0.25) is 10.0 Å². The molecule has 0 bridgehead atoms. The molecule has 0 N–H and O–H groups in total. The Morgan fingerprint density at radius 1 is 1.19 bits per heavy atom. The molecule has 0 saturated heterocycles. The summed E-state index contributed by atoms with van der Waals surface area (Å²) in [6.07, 6.45) is 0.467. The summed E-state index contributed by atoms with van der Waals surface area (Å²) in [6.45, 7) is 5.59. The molecule has 120 valence electrons. The number of carbonyl (C=O) groups excluding carboxylic acids is 1. The first kappa shape index (κ1) is 20.5. The van der Waals surface area contributed by atoms with Crippen LogP contribution in [0.15, 0.2) is 18.2 Å². The van der Waals surface area contributed by atoms with Crippen molar-refractivity contribution in [1.29, 1.82) is 0 Å². The molecule has 0 aromatic heterocycles. The molecule has 6 heteroatoms. The van der Waals surface area contributed by atoms with Crippen LogP contribution in [-0.4, -0.2) is 38.0 Å². The van der Waals surface area contributed by atoms with Crippen LogP contribution in [0.4, 0.5) is 5.69 Å². The van der Waals surface area contributed by atoms with Crippen LogP contribution in [0.3, 0.4) is 0 Å². The van der Waals surface area contributed by atoms with E-state index in [4.69, 9.17) is 23.2 Å². The molecule has 21 heavy (non-hydrogen) atoms. The summed E-state index contributed by atoms with van der Waals surface area (Å²) in [6, 6.07) is 5.32. The Labute approximate surface area is 143 Å². The predicted molar refractivity (Wildman–Crippen MR) is 94.1 cm³/mol. The molecule has 0 saturated carbocycles. The van der Waals surface area contributed by atoms with Gasteiger partial charge in [-0.05, 0) is 38.2 Å². The molecule has 3 nitrogen and oxygen atoms in total. The zero-order valence-electron chi connectivity index (χ0n) is 12.9. The average molecular weight is 354 g/mol. The molecule has 0 aliphatic heterocycles. The number of nitrogens with zero attached hydrogens (tertiary/aromatic N) is 2. The summed E-state index contributed by atoms with van der Waals surface area (Å²) in [7, 11) is 4.06. The lowest BCUT2D eigenvalue weighted by Crippen LogP contribution is -2.37. The SMILES string of the molecule is CCC(=O)N(CC(C)CN(C)C)c1ccc(Cl)c(Cl)c1.Cl. The van der Waals surface area contributed by atoms with Gasteiger partial charge in [-0.15, -0.1) is 12.4 Å². The fraction of sp³-hybridized carbons (Fsp3) is 0.533. The summed E-state index contributed by atoms with van der Waals surface area (Å²) in [5.74, 6) is 0.462. The van der Waals surface area contributed by atoms with Crippen molar-refractivity contribution in [2.45, 2.75) is 20.3 Å². The van der Waals surface area contributed by atoms with Crippen molar-refractivity contribution < 1.29 is 4.79 Å². The highest BCUT2D eigenvalue weighted by Gasteiger charge is 2.18. The van der Waals surface area contributed by atoms with Gasteiger partial charge in [0, 0.05) is 25.2 Å². The van der Waals surface area contributed by atoms with Gasteiger partial charge in [0.25, 0.3) is 0 Å². The van der Waals surface area contributed by atoms with E-state index in [9.17, 15) is 4.79 Å². The second kappa shape index (κ2) is 9.52. The Balaban J connectivity index is 0.00000400. The lowest BCUT2D eigenvalue weighted by Gasteiger charge is -2.27. The molecule has 0 fully saturated rings. The molecule has 1 amide bonds. The van der Waals surface area contributed by atoms with Gasteiger partial charge in [0.05, 0.1) is 10.0 Å². The minimum Gasteiger partial charge on any atom is -0.312 e. The van der Waals surface area contributed by atoms with Gasteiger partial charge >= 0.3 is 0 Å². The van der Waals surface area contributed by atoms with Crippen LogP contribution in [0, 0.1) is 5.92 Å². The van der Waals surface area contributed by atoms with Crippen LogP contribution in [0.1, 0.15) is 20.3 Å². The fourth-order valence-corrected chi connectivity index (χ4v) is 2.48. The largest absolute Gasteiger partial charge is 0.312 e. The molecular formula is C15H23Cl3N2O. The summed E-state index contributed by atoms with van der Waals surface area (Å²) >= 11 is 12.0. The molecule has 0 aliphatic carbocycles. The monoisotopic (exact) mass is 352 g/mol. The minimum absolute atomic E-state index is 0. The summed E-state index contributed by atoms with van der Waals surface area (Å²) in [5.41, 5.74) is 0.803. The summed E-state index contributed by atoms with van der Waals surface area (Å²) in [5, 5.41) is 0.971. The second-order valence-corrected chi connectivity index (χ2v) is 6.14. The third kappa shape index (κ3) is 6.43. The van der Waals surface area contributed by atoms with Crippen LogP contribution in [-0.2, 0) is 4.79 Å². The van der Waals surface area contributed by atoms with Crippen LogP contribution in [0.5, 0.6) is 0 Å². The number of hydrogen-bond acceptors (Lipinski definition) is 2. The van der Waals surface area contributed by atoms with Gasteiger partial charge in [-0.25, -0.2) is 0 Å². The number of carbonyl (C=O) groups is 1. The third-order valence-corrected chi connectivity index (χ3v) is 3.73. The van der Waals surface area contributed by atoms with E-state index in [2.05, 4.69) is 11.8 Å². The molecule has 1 unspecified atom stereocenters. The summed E-state index contributed by atoms with van der Waals surface area (Å²) < 4.78 is 0. The van der Waals surface area contributed by atoms with E-state index in [0.717, 1.165) is 12.2 Å². The van der Waals surface area contributed by atoms with Crippen molar-refractivity contribution in [3.8, 4) is 0 Å². The topological polar surface area (TPSA) is 23.6 Å². The molecule has 0 aliphatic rings. The standard InChI is InChI=1S/C15H22Cl2N2O.ClH/c1-5-15(20)19(10-11(2)9-18(3)4)12-6-7-13(16)14(17)8-12;/h6-8,11H,5,9-10H2,1-4H3;1H. The normalized spacial score (nSPS) is 12.0. The maximum Gasteiger partial charge on any atom is 0.226 e. The van der Waals surface area contributed by atoms with E-state index in [0.29, 0.717) is 28.9 Å². The van der Waals surface area contributed by atoms with E-state index < -0.39 is 0 Å². The van der Waals surface area contributed by atoms with Crippen LogP contribution >= 0.6 is 35.6 Å². The van der Waals surface area contributed by atoms with Crippen LogP contribution < -0.4 is 4.90 Å². The highest BCUT2D eigenvalue weighted by molar-refractivity contribution is 6.42. The first-order valence-corrected chi connectivity index (χ1v) is 7.50. The Hall–Kier alpha value is -0.480. The fourth-order valence-electron chi connectivity index (χ4n) is 2.19. The lowest BCUT2D eigenvalue weighted by molar-refractivity contribution is -0.118. The van der Waals surface area contributed by atoms with Crippen molar-refractivity contribution >= 4 is 47.2 Å². The van der Waals surface area contributed by atoms with Gasteiger partial charge in [0.2, 0.25) is 5.91 Å². The van der Waals surface area contributed by atoms with Gasteiger partial charge in [-0.3, -0.25) is 4.79 Å². The number of amides is 1. The first-order chi connectivity index (χ1) is 9.35. The van der Waals surface area contributed by atoms with E-state index in [1.165, 1.54) is 0 Å². The van der Waals surface area contributed by atoms with Crippen molar-refractivity contribution in [3.05, 3.63) is 28.2 Å². The Kier molecular flexibility index (Phi) is 9.30. The van der Waals surface area contributed by atoms with Gasteiger partial charge < -0.3 is 9.80 Å². The number of halogens is 3. The Morgan fingerprint density at radius 3 is 2.29 bits per heavy atom. The number of hydrogen-bond donors (Lipinski definition) is 0. The van der Waals surface area contributed by atoms with Crippen molar-refractivity contribution in [3.63, 3.8) is 0 Å². The van der Waals surface area contributed by atoms with E-state index >= 15 is 0 Å². The van der Waals surface area contributed by atoms with Crippen LogP contribution in [0.25, 0.3) is 0 Å². The Morgan fingerprint density at radius 2 is 1.81 bits per heavy atom. The van der Waals surface area contributed by atoms with Gasteiger partial charge in [0.15, 0.2) is 0 Å². The van der Waals surface area contributed by atoms with Gasteiger partial charge in [-0.1, -0.05) is 37.0 Å². The highest BCUT2D eigenvalue weighted by atomic mass is 35.5. The maximum atomic E-state index is 12.2. The zero-order chi connectivity index (χ0) is 15.3. The quantitative estimate of drug-likeness (QED) is 0.759. The number of rotatable bonds is 6. The van der Waals surface area contributed by atoms with Gasteiger partial charge in [0.1, 0.15) is 0 Å². The molecule has 0 heterocycles. The third-order valence-electron chi connectivity index (χ3n) is 2.99. The Bertz CT molecular complexity index is 466. The number of anilines is 1. The van der Waals surface area contributed by atoms with E-state index in [1.807, 2.05) is 27.1 Å². The van der Waals surface area contributed by atoms with E-state index in [-0.39, 0.29) is 18.3 Å². The lowest BCUT2D eigenvalue weighted by atomic mass is 10.1. The predicted octanol–water partition coefficient (Wildman–Crippen LogP) is 4.36. The number of benzene rings is 1. The maximum absolute atomic E-state index is 12.2. The van der Waals surface area contributed by atoms with Crippen molar-refractivity contribution in [2.24, 2.45) is 5.92 Å². The molecule has 1 aromatic carbocycles. The molecular weight excluding hydrogens is 331 g/mol. The molecule has 0 radical (unpaired) electrons. The van der Waals surface area contributed by atoms with Gasteiger partial charge in [-0.2, -0.15) is 0 Å². The van der Waals surface area contributed by atoms with Crippen molar-refractivity contribution in [2.75, 3.05) is 32.1 Å². The molecule has 1 atom stereocenters. The first-order valence-electron chi connectivity index (χ1n) is 6.75. The van der Waals surface area contributed by atoms with Crippen molar-refractivity contribution in [1.82, 2.24) is 4.90 Å². The summed E-state index contributed by atoms with van der Waals surface area (Å²) in [4.78, 5) is 16.1. The molecule has 0 spiro atoms. The van der Waals surface area contributed by atoms with E-state index in [1.54, 1.807) is 17.0 Å². The minimum atomic E-state index is 0. The zero-order valence-corrected chi connectivity index (χ0v) is 15.2. The molecule has 1 rings (SSSR count). The second-order valence-electron chi connectivity index (χ2n) is 5.32. The highest BCUT2D eigenvalue weighted by Crippen LogP contribution is 2.28.